The van der Waals surface area contributed by atoms with Gasteiger partial charge in [-0.2, -0.15) is 13.2 Å². The predicted molar refractivity (Wildman–Crippen MR) is 88.6 cm³/mol. The molecule has 134 valence electrons. The monoisotopic (exact) mass is 343 g/mol. The standard InChI is InChI=1S/C17H24F3N3O/c1-12-5-2-3-9-23(12)10-4-6-16(24)22-13-7-8-15(21)14(11-13)17(18,19)20/h7-8,11-12H,2-6,9-10,21H2,1H3,(H,22,24). The third-order valence-corrected chi connectivity index (χ3v) is 4.43. The van der Waals surface area contributed by atoms with Crippen molar-refractivity contribution in [2.75, 3.05) is 24.1 Å². The lowest BCUT2D eigenvalue weighted by atomic mass is 10.0. The van der Waals surface area contributed by atoms with Crippen LogP contribution in [0.3, 0.4) is 0 Å². The van der Waals surface area contributed by atoms with Crippen molar-refractivity contribution in [2.24, 2.45) is 0 Å². The summed E-state index contributed by atoms with van der Waals surface area (Å²) in [5.74, 6) is -0.280. The SMILES string of the molecule is CC1CCCCN1CCCC(=O)Nc1ccc(N)c(C(F)(F)F)c1. The van der Waals surface area contributed by atoms with Gasteiger partial charge >= 0.3 is 6.18 Å². The van der Waals surface area contributed by atoms with Crippen molar-refractivity contribution in [1.29, 1.82) is 0 Å². The lowest BCUT2D eigenvalue weighted by molar-refractivity contribution is -0.136. The van der Waals surface area contributed by atoms with Crippen LogP contribution in [-0.4, -0.2) is 29.9 Å². The first-order valence-corrected chi connectivity index (χ1v) is 8.28. The van der Waals surface area contributed by atoms with E-state index >= 15 is 0 Å². The molecule has 0 radical (unpaired) electrons. The average molecular weight is 343 g/mol. The largest absolute Gasteiger partial charge is 0.418 e. The van der Waals surface area contributed by atoms with E-state index in [0.29, 0.717) is 12.5 Å². The Hall–Kier alpha value is -1.76. The van der Waals surface area contributed by atoms with Gasteiger partial charge in [0.25, 0.3) is 0 Å². The van der Waals surface area contributed by atoms with Crippen LogP contribution < -0.4 is 11.1 Å². The quantitative estimate of drug-likeness (QED) is 0.798. The molecule has 0 aliphatic carbocycles. The third kappa shape index (κ3) is 5.12. The summed E-state index contributed by atoms with van der Waals surface area (Å²) in [5, 5.41) is 2.52. The number of rotatable bonds is 5. The molecule has 1 fully saturated rings. The highest BCUT2D eigenvalue weighted by molar-refractivity contribution is 5.91. The summed E-state index contributed by atoms with van der Waals surface area (Å²) in [6.07, 6.45) is 0.0539. The maximum atomic E-state index is 12.8. The van der Waals surface area contributed by atoms with Gasteiger partial charge in [0.1, 0.15) is 0 Å². The molecule has 1 amide bonds. The minimum atomic E-state index is -4.53. The molecule has 2 rings (SSSR count). The second kappa shape index (κ2) is 7.88. The first-order valence-electron chi connectivity index (χ1n) is 8.28. The van der Waals surface area contributed by atoms with Crippen LogP contribution in [0.5, 0.6) is 0 Å². The summed E-state index contributed by atoms with van der Waals surface area (Å²) < 4.78 is 38.4. The van der Waals surface area contributed by atoms with Gasteiger partial charge in [0.15, 0.2) is 0 Å². The van der Waals surface area contributed by atoms with E-state index in [1.54, 1.807) is 0 Å². The van der Waals surface area contributed by atoms with Crippen LogP contribution in [0.15, 0.2) is 18.2 Å². The van der Waals surface area contributed by atoms with Crippen LogP contribution in [0, 0.1) is 0 Å². The number of piperidine rings is 1. The molecule has 1 aliphatic heterocycles. The number of halogens is 3. The highest BCUT2D eigenvalue weighted by atomic mass is 19.4. The summed E-state index contributed by atoms with van der Waals surface area (Å²) in [6.45, 7) is 4.08. The van der Waals surface area contributed by atoms with Crippen molar-refractivity contribution in [3.63, 3.8) is 0 Å². The van der Waals surface area contributed by atoms with Crippen LogP contribution in [0.25, 0.3) is 0 Å². The molecular formula is C17H24F3N3O. The number of likely N-dealkylation sites (tertiary alicyclic amines) is 1. The Morgan fingerprint density at radius 1 is 1.38 bits per heavy atom. The second-order valence-corrected chi connectivity index (χ2v) is 6.33. The minimum absolute atomic E-state index is 0.118. The van der Waals surface area contributed by atoms with Crippen molar-refractivity contribution in [3.8, 4) is 0 Å². The fraction of sp³-hybridized carbons (Fsp3) is 0.588. The number of amides is 1. The van der Waals surface area contributed by atoms with Crippen molar-refractivity contribution >= 4 is 17.3 Å². The molecule has 4 nitrogen and oxygen atoms in total. The van der Waals surface area contributed by atoms with Crippen LogP contribution in [0.4, 0.5) is 24.5 Å². The molecule has 1 heterocycles. The molecule has 24 heavy (non-hydrogen) atoms. The Labute approximate surface area is 140 Å². The van der Waals surface area contributed by atoms with Crippen LogP contribution in [-0.2, 0) is 11.0 Å². The number of benzene rings is 1. The minimum Gasteiger partial charge on any atom is -0.398 e. The van der Waals surface area contributed by atoms with E-state index in [9.17, 15) is 18.0 Å². The number of hydrogen-bond donors (Lipinski definition) is 2. The van der Waals surface area contributed by atoms with Gasteiger partial charge in [0.2, 0.25) is 5.91 Å². The average Bonchev–Trinajstić information content (AvgIpc) is 2.50. The number of anilines is 2. The Bertz CT molecular complexity index is 575. The van der Waals surface area contributed by atoms with E-state index in [-0.39, 0.29) is 23.7 Å². The summed E-state index contributed by atoms with van der Waals surface area (Å²) in [7, 11) is 0. The van der Waals surface area contributed by atoms with E-state index in [2.05, 4.69) is 17.1 Å². The Balaban J connectivity index is 1.84. The highest BCUT2D eigenvalue weighted by Gasteiger charge is 2.33. The van der Waals surface area contributed by atoms with Gasteiger partial charge in [0, 0.05) is 23.8 Å². The van der Waals surface area contributed by atoms with Gasteiger partial charge < -0.3 is 16.0 Å². The highest BCUT2D eigenvalue weighted by Crippen LogP contribution is 2.35. The smallest absolute Gasteiger partial charge is 0.398 e. The molecule has 0 bridgehead atoms. The third-order valence-electron chi connectivity index (χ3n) is 4.43. The number of carbonyl (C=O) groups excluding carboxylic acids is 1. The summed E-state index contributed by atoms with van der Waals surface area (Å²) in [4.78, 5) is 14.3. The second-order valence-electron chi connectivity index (χ2n) is 6.33. The van der Waals surface area contributed by atoms with E-state index in [4.69, 9.17) is 5.73 Å². The van der Waals surface area contributed by atoms with Gasteiger partial charge in [-0.3, -0.25) is 4.79 Å². The molecule has 1 atom stereocenters. The Morgan fingerprint density at radius 2 is 2.12 bits per heavy atom. The molecule has 7 heteroatoms. The Kier molecular flexibility index (Phi) is 6.10. The number of hydrogen-bond acceptors (Lipinski definition) is 3. The fourth-order valence-corrected chi connectivity index (χ4v) is 3.04. The van der Waals surface area contributed by atoms with Crippen LogP contribution in [0.2, 0.25) is 0 Å². The molecule has 3 N–H and O–H groups in total. The molecule has 0 saturated carbocycles. The molecule has 1 aliphatic rings. The first kappa shape index (κ1) is 18.6. The van der Waals surface area contributed by atoms with E-state index in [0.717, 1.165) is 25.2 Å². The van der Waals surface area contributed by atoms with Gasteiger partial charge in [-0.05, 0) is 57.5 Å². The number of nitrogens with two attached hydrogens (primary N) is 1. The molecule has 1 saturated heterocycles. The normalized spacial score (nSPS) is 19.2. The zero-order valence-corrected chi connectivity index (χ0v) is 13.8. The maximum absolute atomic E-state index is 12.8. The zero-order valence-electron chi connectivity index (χ0n) is 13.8. The van der Waals surface area contributed by atoms with Crippen molar-refractivity contribution in [1.82, 2.24) is 4.90 Å². The zero-order chi connectivity index (χ0) is 17.7. The maximum Gasteiger partial charge on any atom is 0.418 e. The van der Waals surface area contributed by atoms with E-state index in [1.165, 1.54) is 25.3 Å². The number of nitrogen functional groups attached to an aromatic ring is 1. The van der Waals surface area contributed by atoms with Crippen LogP contribution >= 0.6 is 0 Å². The van der Waals surface area contributed by atoms with Crippen molar-refractivity contribution in [2.45, 2.75) is 51.2 Å². The number of carbonyl (C=O) groups is 1. The molecule has 1 aromatic rings. The van der Waals surface area contributed by atoms with Gasteiger partial charge in [-0.25, -0.2) is 0 Å². The topological polar surface area (TPSA) is 58.4 Å². The fourth-order valence-electron chi connectivity index (χ4n) is 3.04. The number of alkyl halides is 3. The van der Waals surface area contributed by atoms with Gasteiger partial charge in [0.05, 0.1) is 5.56 Å². The molecule has 0 spiro atoms. The molecule has 1 unspecified atom stereocenters. The van der Waals surface area contributed by atoms with Gasteiger partial charge in [-0.1, -0.05) is 6.42 Å². The molecule has 0 aromatic heterocycles. The molecule has 1 aromatic carbocycles. The van der Waals surface area contributed by atoms with E-state index < -0.39 is 11.7 Å². The van der Waals surface area contributed by atoms with Crippen LogP contribution in [0.1, 0.15) is 44.6 Å². The van der Waals surface area contributed by atoms with Gasteiger partial charge in [-0.15, -0.1) is 0 Å². The number of nitrogens with one attached hydrogen (secondary N) is 1. The van der Waals surface area contributed by atoms with Crippen molar-refractivity contribution < 1.29 is 18.0 Å². The van der Waals surface area contributed by atoms with E-state index in [1.807, 2.05) is 0 Å². The summed E-state index contributed by atoms with van der Waals surface area (Å²) in [6, 6.07) is 3.96. The summed E-state index contributed by atoms with van der Waals surface area (Å²) in [5.41, 5.74) is 4.19. The Morgan fingerprint density at radius 3 is 2.79 bits per heavy atom. The summed E-state index contributed by atoms with van der Waals surface area (Å²) >= 11 is 0. The first-order chi connectivity index (χ1) is 11.3. The number of nitrogens with zero attached hydrogens (tertiary/aromatic N) is 1. The molecular weight excluding hydrogens is 319 g/mol. The van der Waals surface area contributed by atoms with Crippen molar-refractivity contribution in [3.05, 3.63) is 23.8 Å². The lowest BCUT2D eigenvalue weighted by Gasteiger charge is -2.33. The predicted octanol–water partition coefficient (Wildman–Crippen LogP) is 3.88. The lowest BCUT2D eigenvalue weighted by Crippen LogP contribution is -2.38.